The number of hydrogen-bond donors (Lipinski definition) is 1. The highest BCUT2D eigenvalue weighted by molar-refractivity contribution is 5.75. The van der Waals surface area contributed by atoms with E-state index in [-0.39, 0.29) is 17.8 Å². The van der Waals surface area contributed by atoms with Crippen molar-refractivity contribution in [2.24, 2.45) is 11.8 Å². The number of hydrogen-bond acceptors (Lipinski definition) is 3. The van der Waals surface area contributed by atoms with E-state index in [2.05, 4.69) is 19.8 Å². The molecule has 25 heavy (non-hydrogen) atoms. The molecule has 0 bridgehead atoms. The SMILES string of the molecule is C#CCCCCC.CCCCCCOC(=O)C1CCCC(C(=O)O)C1. The lowest BCUT2D eigenvalue weighted by Crippen LogP contribution is -2.28. The largest absolute Gasteiger partial charge is 0.481 e. The molecule has 0 saturated heterocycles. The van der Waals surface area contributed by atoms with Gasteiger partial charge in [-0.3, -0.25) is 9.59 Å². The molecule has 4 nitrogen and oxygen atoms in total. The van der Waals surface area contributed by atoms with Crippen molar-refractivity contribution in [1.82, 2.24) is 0 Å². The molecule has 2 unspecified atom stereocenters. The van der Waals surface area contributed by atoms with Gasteiger partial charge in [0.15, 0.2) is 0 Å². The minimum absolute atomic E-state index is 0.197. The lowest BCUT2D eigenvalue weighted by molar-refractivity contribution is -0.152. The first-order valence-corrected chi connectivity index (χ1v) is 9.89. The van der Waals surface area contributed by atoms with Crippen molar-refractivity contribution in [3.63, 3.8) is 0 Å². The monoisotopic (exact) mass is 352 g/mol. The second kappa shape index (κ2) is 16.0. The van der Waals surface area contributed by atoms with Gasteiger partial charge in [0, 0.05) is 6.42 Å². The van der Waals surface area contributed by atoms with Gasteiger partial charge in [-0.15, -0.1) is 12.3 Å². The first-order chi connectivity index (χ1) is 12.1. The number of terminal acetylenes is 1. The van der Waals surface area contributed by atoms with Crippen LogP contribution in [-0.2, 0) is 14.3 Å². The number of esters is 1. The summed E-state index contributed by atoms with van der Waals surface area (Å²) >= 11 is 0. The predicted octanol–water partition coefficient (Wildman–Crippen LogP) is 5.20. The summed E-state index contributed by atoms with van der Waals surface area (Å²) in [5, 5.41) is 8.96. The van der Waals surface area contributed by atoms with E-state index in [0.29, 0.717) is 19.4 Å². The van der Waals surface area contributed by atoms with Crippen molar-refractivity contribution in [2.45, 2.75) is 90.9 Å². The van der Waals surface area contributed by atoms with Crippen LogP contribution in [0.2, 0.25) is 0 Å². The van der Waals surface area contributed by atoms with E-state index < -0.39 is 5.97 Å². The van der Waals surface area contributed by atoms with Gasteiger partial charge in [-0.1, -0.05) is 52.4 Å². The van der Waals surface area contributed by atoms with Crippen molar-refractivity contribution < 1.29 is 19.4 Å². The molecule has 2 atom stereocenters. The molecule has 1 rings (SSSR count). The van der Waals surface area contributed by atoms with Gasteiger partial charge in [0.05, 0.1) is 18.4 Å². The number of carboxylic acids is 1. The highest BCUT2D eigenvalue weighted by atomic mass is 16.5. The number of carbonyl (C=O) groups excluding carboxylic acids is 1. The van der Waals surface area contributed by atoms with E-state index in [4.69, 9.17) is 16.3 Å². The fourth-order valence-corrected chi connectivity index (χ4v) is 2.92. The third kappa shape index (κ3) is 12.5. The number of rotatable bonds is 10. The zero-order chi connectivity index (χ0) is 18.9. The Morgan fingerprint density at radius 1 is 1.04 bits per heavy atom. The van der Waals surface area contributed by atoms with Gasteiger partial charge in [-0.25, -0.2) is 0 Å². The molecule has 0 aromatic heterocycles. The van der Waals surface area contributed by atoms with E-state index in [9.17, 15) is 9.59 Å². The highest BCUT2D eigenvalue weighted by Crippen LogP contribution is 2.30. The van der Waals surface area contributed by atoms with Crippen LogP contribution < -0.4 is 0 Å². The van der Waals surface area contributed by atoms with Gasteiger partial charge < -0.3 is 9.84 Å². The van der Waals surface area contributed by atoms with Crippen LogP contribution in [0.5, 0.6) is 0 Å². The van der Waals surface area contributed by atoms with Gasteiger partial charge in [0.25, 0.3) is 0 Å². The maximum absolute atomic E-state index is 11.8. The summed E-state index contributed by atoms with van der Waals surface area (Å²) in [6, 6.07) is 0. The Balaban J connectivity index is 0.000000697. The molecule has 0 radical (unpaired) electrons. The van der Waals surface area contributed by atoms with Crippen LogP contribution in [0.1, 0.15) is 90.9 Å². The molecule has 1 aliphatic rings. The lowest BCUT2D eigenvalue weighted by atomic mass is 9.81. The first kappa shape index (κ1) is 23.5. The second-order valence-corrected chi connectivity index (χ2v) is 6.79. The molecule has 0 aromatic rings. The average molecular weight is 353 g/mol. The average Bonchev–Trinajstić information content (AvgIpc) is 2.62. The molecule has 1 saturated carbocycles. The molecule has 0 aromatic carbocycles. The van der Waals surface area contributed by atoms with E-state index >= 15 is 0 Å². The lowest BCUT2D eigenvalue weighted by Gasteiger charge is -2.25. The molecule has 0 spiro atoms. The van der Waals surface area contributed by atoms with E-state index in [1.54, 1.807) is 0 Å². The van der Waals surface area contributed by atoms with E-state index in [1.165, 1.54) is 25.7 Å². The third-order valence-electron chi connectivity index (χ3n) is 4.52. The van der Waals surface area contributed by atoms with Gasteiger partial charge >= 0.3 is 11.9 Å². The van der Waals surface area contributed by atoms with Crippen LogP contribution in [0, 0.1) is 24.2 Å². The van der Waals surface area contributed by atoms with Gasteiger partial charge in [0.1, 0.15) is 0 Å². The quantitative estimate of drug-likeness (QED) is 0.333. The topological polar surface area (TPSA) is 63.6 Å². The minimum Gasteiger partial charge on any atom is -0.481 e. The summed E-state index contributed by atoms with van der Waals surface area (Å²) in [6.07, 6.45) is 16.8. The normalized spacial score (nSPS) is 19.2. The fourth-order valence-electron chi connectivity index (χ4n) is 2.92. The Morgan fingerprint density at radius 3 is 2.28 bits per heavy atom. The standard InChI is InChI=1S/C14H24O4.C7H12/c1-2-3-4-5-9-18-14(17)12-8-6-7-11(10-12)13(15)16;1-3-5-7-6-4-2/h11-12H,2-10H2,1H3,(H,15,16);1H,4-7H2,2H3. The minimum atomic E-state index is -0.782. The number of ether oxygens (including phenoxy) is 1. The van der Waals surface area contributed by atoms with Crippen LogP contribution in [-0.4, -0.2) is 23.7 Å². The third-order valence-corrected chi connectivity index (χ3v) is 4.52. The zero-order valence-corrected chi connectivity index (χ0v) is 16.1. The molecule has 1 N–H and O–H groups in total. The van der Waals surface area contributed by atoms with Crippen LogP contribution >= 0.6 is 0 Å². The molecule has 4 heteroatoms. The molecule has 0 amide bonds. The van der Waals surface area contributed by atoms with Crippen molar-refractivity contribution >= 4 is 11.9 Å². The Bertz CT molecular complexity index is 397. The molecule has 0 heterocycles. The molecule has 144 valence electrons. The van der Waals surface area contributed by atoms with Gasteiger partial charge in [-0.2, -0.15) is 0 Å². The summed E-state index contributed by atoms with van der Waals surface area (Å²) in [5.74, 6) is 1.06. The second-order valence-electron chi connectivity index (χ2n) is 6.79. The number of unbranched alkanes of at least 4 members (excludes halogenated alkanes) is 6. The highest BCUT2D eigenvalue weighted by Gasteiger charge is 2.31. The van der Waals surface area contributed by atoms with Crippen LogP contribution in [0.15, 0.2) is 0 Å². The summed E-state index contributed by atoms with van der Waals surface area (Å²) in [6.45, 7) is 4.80. The fraction of sp³-hybridized carbons (Fsp3) is 0.810. The van der Waals surface area contributed by atoms with Crippen LogP contribution in [0.4, 0.5) is 0 Å². The number of carboxylic acid groups (broad SMARTS) is 1. The molecule has 1 fully saturated rings. The molecular formula is C21H36O4. The maximum Gasteiger partial charge on any atom is 0.308 e. The Labute approximate surface area is 153 Å². The molecular weight excluding hydrogens is 316 g/mol. The smallest absolute Gasteiger partial charge is 0.308 e. The Kier molecular flexibility index (Phi) is 15.0. The summed E-state index contributed by atoms with van der Waals surface area (Å²) < 4.78 is 5.22. The van der Waals surface area contributed by atoms with Crippen LogP contribution in [0.25, 0.3) is 0 Å². The first-order valence-electron chi connectivity index (χ1n) is 9.89. The Hall–Kier alpha value is -1.50. The van der Waals surface area contributed by atoms with Crippen molar-refractivity contribution in [3.05, 3.63) is 0 Å². The van der Waals surface area contributed by atoms with E-state index in [0.717, 1.165) is 38.5 Å². The molecule has 1 aliphatic carbocycles. The van der Waals surface area contributed by atoms with Crippen LogP contribution in [0.3, 0.4) is 0 Å². The number of aliphatic carboxylic acids is 1. The Morgan fingerprint density at radius 2 is 1.68 bits per heavy atom. The predicted molar refractivity (Wildman–Crippen MR) is 101 cm³/mol. The van der Waals surface area contributed by atoms with Crippen molar-refractivity contribution in [1.29, 1.82) is 0 Å². The van der Waals surface area contributed by atoms with Gasteiger partial charge in [0.2, 0.25) is 0 Å². The van der Waals surface area contributed by atoms with Gasteiger partial charge in [-0.05, 0) is 32.1 Å². The van der Waals surface area contributed by atoms with Crippen molar-refractivity contribution in [3.8, 4) is 12.3 Å². The van der Waals surface area contributed by atoms with Crippen molar-refractivity contribution in [2.75, 3.05) is 6.61 Å². The zero-order valence-electron chi connectivity index (χ0n) is 16.1. The summed E-state index contributed by atoms with van der Waals surface area (Å²) in [7, 11) is 0. The van der Waals surface area contributed by atoms with E-state index in [1.807, 2.05) is 0 Å². The molecule has 0 aliphatic heterocycles. The maximum atomic E-state index is 11.8. The number of carbonyl (C=O) groups is 2. The summed E-state index contributed by atoms with van der Waals surface area (Å²) in [5.41, 5.74) is 0. The summed E-state index contributed by atoms with van der Waals surface area (Å²) in [4.78, 5) is 22.7.